The van der Waals surface area contributed by atoms with Crippen LogP contribution in [0.4, 0.5) is 0 Å². The number of ether oxygens (including phenoxy) is 1. The molecule has 1 atom stereocenters. The van der Waals surface area contributed by atoms with Gasteiger partial charge in [0.25, 0.3) is 0 Å². The fourth-order valence-corrected chi connectivity index (χ4v) is 3.03. The quantitative estimate of drug-likeness (QED) is 0.883. The first-order valence-electron chi connectivity index (χ1n) is 7.30. The van der Waals surface area contributed by atoms with Gasteiger partial charge in [-0.15, -0.1) is 0 Å². The van der Waals surface area contributed by atoms with Gasteiger partial charge < -0.3 is 9.84 Å². The van der Waals surface area contributed by atoms with Crippen molar-refractivity contribution in [1.82, 2.24) is 0 Å². The van der Waals surface area contributed by atoms with Gasteiger partial charge in [-0.3, -0.25) is 0 Å². The highest BCUT2D eigenvalue weighted by Gasteiger charge is 2.35. The fraction of sp³-hybridized carbons (Fsp3) is 0.333. The van der Waals surface area contributed by atoms with E-state index in [0.717, 1.165) is 31.4 Å². The van der Waals surface area contributed by atoms with Gasteiger partial charge in [-0.2, -0.15) is 0 Å². The minimum atomic E-state index is -0.370. The van der Waals surface area contributed by atoms with E-state index in [1.807, 2.05) is 18.2 Å². The molecule has 0 saturated carbocycles. The molecule has 3 rings (SSSR count). The van der Waals surface area contributed by atoms with Gasteiger partial charge in [-0.05, 0) is 42.5 Å². The van der Waals surface area contributed by atoms with Crippen LogP contribution in [0.2, 0.25) is 0 Å². The predicted octanol–water partition coefficient (Wildman–Crippen LogP) is 4.23. The molecule has 2 nitrogen and oxygen atoms in total. The zero-order valence-electron chi connectivity index (χ0n) is 11.6. The van der Waals surface area contributed by atoms with Crippen LogP contribution in [0.25, 0.3) is 0 Å². The summed E-state index contributed by atoms with van der Waals surface area (Å²) in [6, 6.07) is 17.9. The first-order valence-corrected chi connectivity index (χ1v) is 7.30. The number of benzene rings is 2. The van der Waals surface area contributed by atoms with Crippen molar-refractivity contribution in [2.75, 3.05) is 6.61 Å². The smallest absolute Gasteiger partial charge is 0.118 e. The minimum Gasteiger partial charge on any atom is -0.508 e. The summed E-state index contributed by atoms with van der Waals surface area (Å²) in [7, 11) is 0. The van der Waals surface area contributed by atoms with Crippen LogP contribution in [0, 0.1) is 0 Å². The van der Waals surface area contributed by atoms with E-state index in [9.17, 15) is 5.11 Å². The Morgan fingerprint density at radius 2 is 1.50 bits per heavy atom. The molecular weight excluding hydrogens is 248 g/mol. The summed E-state index contributed by atoms with van der Waals surface area (Å²) in [5, 5.41) is 9.52. The molecule has 104 valence electrons. The highest BCUT2D eigenvalue weighted by atomic mass is 16.5. The number of aromatic hydroxyl groups is 1. The molecule has 1 heterocycles. The molecule has 0 radical (unpaired) electrons. The van der Waals surface area contributed by atoms with Gasteiger partial charge in [-0.1, -0.05) is 48.9 Å². The summed E-state index contributed by atoms with van der Waals surface area (Å²) >= 11 is 0. The molecular formula is C18H20O2. The summed E-state index contributed by atoms with van der Waals surface area (Å²) in [4.78, 5) is 0. The van der Waals surface area contributed by atoms with Gasteiger partial charge >= 0.3 is 0 Å². The van der Waals surface area contributed by atoms with Crippen LogP contribution in [0.5, 0.6) is 5.75 Å². The van der Waals surface area contributed by atoms with Crippen molar-refractivity contribution in [2.24, 2.45) is 0 Å². The summed E-state index contributed by atoms with van der Waals surface area (Å²) in [6.07, 6.45) is 4.48. The average Bonchev–Trinajstić information content (AvgIpc) is 2.76. The largest absolute Gasteiger partial charge is 0.508 e. The lowest BCUT2D eigenvalue weighted by atomic mass is 9.82. The third-order valence-corrected chi connectivity index (χ3v) is 4.10. The van der Waals surface area contributed by atoms with Crippen molar-refractivity contribution < 1.29 is 9.84 Å². The fourth-order valence-electron chi connectivity index (χ4n) is 3.03. The lowest BCUT2D eigenvalue weighted by Crippen LogP contribution is -2.30. The molecule has 0 bridgehead atoms. The maximum Gasteiger partial charge on any atom is 0.118 e. The summed E-state index contributed by atoms with van der Waals surface area (Å²) in [5.74, 6) is 0.297. The molecule has 1 unspecified atom stereocenters. The first kappa shape index (κ1) is 13.2. The van der Waals surface area contributed by atoms with E-state index in [1.165, 1.54) is 12.0 Å². The Kier molecular flexibility index (Phi) is 3.75. The number of phenolic OH excluding ortho intramolecular Hbond substituents is 1. The zero-order valence-corrected chi connectivity index (χ0v) is 11.6. The van der Waals surface area contributed by atoms with Crippen LogP contribution in [0.15, 0.2) is 54.6 Å². The normalized spacial score (nSPS) is 23.2. The Bertz CT molecular complexity index is 537. The van der Waals surface area contributed by atoms with E-state index in [-0.39, 0.29) is 5.60 Å². The van der Waals surface area contributed by atoms with Crippen LogP contribution in [-0.2, 0) is 10.3 Å². The third-order valence-electron chi connectivity index (χ3n) is 4.10. The number of rotatable bonds is 2. The van der Waals surface area contributed by atoms with Crippen LogP contribution < -0.4 is 0 Å². The van der Waals surface area contributed by atoms with Gasteiger partial charge in [0.2, 0.25) is 0 Å². The van der Waals surface area contributed by atoms with E-state index in [4.69, 9.17) is 4.74 Å². The number of hydrogen-bond acceptors (Lipinski definition) is 2. The van der Waals surface area contributed by atoms with Crippen molar-refractivity contribution in [1.29, 1.82) is 0 Å². The summed E-state index contributed by atoms with van der Waals surface area (Å²) in [5.41, 5.74) is 1.96. The maximum atomic E-state index is 9.52. The lowest BCUT2D eigenvalue weighted by molar-refractivity contribution is -0.0146. The second-order valence-electron chi connectivity index (χ2n) is 5.40. The molecule has 0 aliphatic carbocycles. The van der Waals surface area contributed by atoms with Crippen LogP contribution in [-0.4, -0.2) is 11.7 Å². The highest BCUT2D eigenvalue weighted by molar-refractivity contribution is 5.39. The van der Waals surface area contributed by atoms with Gasteiger partial charge in [0.05, 0.1) is 0 Å². The highest BCUT2D eigenvalue weighted by Crippen LogP contribution is 2.40. The zero-order chi connectivity index (χ0) is 13.8. The molecule has 2 aromatic rings. The third kappa shape index (κ3) is 2.44. The monoisotopic (exact) mass is 268 g/mol. The number of hydrogen-bond donors (Lipinski definition) is 1. The second kappa shape index (κ2) is 5.68. The van der Waals surface area contributed by atoms with Crippen molar-refractivity contribution in [3.05, 3.63) is 65.7 Å². The molecule has 1 aliphatic heterocycles. The molecule has 1 aliphatic rings. The van der Waals surface area contributed by atoms with Crippen molar-refractivity contribution in [3.63, 3.8) is 0 Å². The topological polar surface area (TPSA) is 29.5 Å². The molecule has 1 saturated heterocycles. The minimum absolute atomic E-state index is 0.297. The van der Waals surface area contributed by atoms with Gasteiger partial charge in [0, 0.05) is 6.61 Å². The Labute approximate surface area is 120 Å². The molecule has 0 amide bonds. The Balaban J connectivity index is 2.09. The van der Waals surface area contributed by atoms with Crippen LogP contribution in [0.3, 0.4) is 0 Å². The Morgan fingerprint density at radius 1 is 0.800 bits per heavy atom. The van der Waals surface area contributed by atoms with E-state index in [1.54, 1.807) is 12.1 Å². The van der Waals surface area contributed by atoms with Crippen molar-refractivity contribution in [3.8, 4) is 5.75 Å². The first-order chi connectivity index (χ1) is 9.81. The second-order valence-corrected chi connectivity index (χ2v) is 5.40. The van der Waals surface area contributed by atoms with Gasteiger partial charge in [-0.25, -0.2) is 0 Å². The molecule has 2 aromatic carbocycles. The standard InChI is InChI=1S/C18H20O2/c19-17-11-9-16(10-12-17)18(13-5-2-6-14-20-18)15-7-3-1-4-8-15/h1,3-4,7-12,19H,2,5-6,13-14H2. The van der Waals surface area contributed by atoms with Crippen molar-refractivity contribution in [2.45, 2.75) is 31.3 Å². The molecule has 0 spiro atoms. The predicted molar refractivity (Wildman–Crippen MR) is 79.7 cm³/mol. The SMILES string of the molecule is Oc1ccc(C2(c3ccccc3)CCCCCO2)cc1. The van der Waals surface area contributed by atoms with E-state index >= 15 is 0 Å². The molecule has 20 heavy (non-hydrogen) atoms. The maximum absolute atomic E-state index is 9.52. The molecule has 1 N–H and O–H groups in total. The lowest BCUT2D eigenvalue weighted by Gasteiger charge is -2.34. The average molecular weight is 268 g/mol. The van der Waals surface area contributed by atoms with Crippen LogP contribution >= 0.6 is 0 Å². The molecule has 1 fully saturated rings. The van der Waals surface area contributed by atoms with E-state index in [2.05, 4.69) is 24.3 Å². The van der Waals surface area contributed by atoms with E-state index < -0.39 is 0 Å². The van der Waals surface area contributed by atoms with E-state index in [0.29, 0.717) is 5.75 Å². The Morgan fingerprint density at radius 3 is 2.25 bits per heavy atom. The van der Waals surface area contributed by atoms with Crippen molar-refractivity contribution >= 4 is 0 Å². The summed E-state index contributed by atoms with van der Waals surface area (Å²) in [6.45, 7) is 0.787. The molecule has 2 heteroatoms. The van der Waals surface area contributed by atoms with Crippen LogP contribution in [0.1, 0.15) is 36.8 Å². The van der Waals surface area contributed by atoms with Gasteiger partial charge in [0.1, 0.15) is 11.4 Å². The van der Waals surface area contributed by atoms with Gasteiger partial charge in [0.15, 0.2) is 0 Å². The summed E-state index contributed by atoms with van der Waals surface area (Å²) < 4.78 is 6.32. The molecule has 0 aromatic heterocycles. The number of phenols is 1. The Hall–Kier alpha value is -1.80.